The summed E-state index contributed by atoms with van der Waals surface area (Å²) in [6, 6.07) is 5.26. The summed E-state index contributed by atoms with van der Waals surface area (Å²) in [7, 11) is 0. The molecular weight excluding hydrogens is 245 g/mol. The lowest BCUT2D eigenvalue weighted by molar-refractivity contribution is 0.308. The third-order valence-electron chi connectivity index (χ3n) is 2.08. The van der Waals surface area contributed by atoms with Gasteiger partial charge >= 0.3 is 0 Å². The van der Waals surface area contributed by atoms with Crippen molar-refractivity contribution in [2.45, 2.75) is 19.8 Å². The van der Waals surface area contributed by atoms with Gasteiger partial charge in [-0.1, -0.05) is 30.1 Å². The molecule has 90 valence electrons. The SMILES string of the molecule is CCCNCCCOc1ccc(Cl)cc1Cl. The maximum Gasteiger partial charge on any atom is 0.137 e. The summed E-state index contributed by atoms with van der Waals surface area (Å²) in [5, 5.41) is 4.50. The standard InChI is InChI=1S/C12H17Cl2NO/c1-2-6-15-7-3-8-16-12-5-4-10(13)9-11(12)14/h4-5,9,15H,2-3,6-8H2,1H3. The normalized spacial score (nSPS) is 10.4. The van der Waals surface area contributed by atoms with Crippen molar-refractivity contribution in [1.29, 1.82) is 0 Å². The van der Waals surface area contributed by atoms with Crippen molar-refractivity contribution in [3.05, 3.63) is 28.2 Å². The highest BCUT2D eigenvalue weighted by Crippen LogP contribution is 2.27. The van der Waals surface area contributed by atoms with Gasteiger partial charge in [-0.2, -0.15) is 0 Å². The van der Waals surface area contributed by atoms with Gasteiger partial charge in [-0.25, -0.2) is 0 Å². The lowest BCUT2D eigenvalue weighted by Gasteiger charge is -2.08. The molecular formula is C12H17Cl2NO. The number of hydrogen-bond donors (Lipinski definition) is 1. The van der Waals surface area contributed by atoms with Crippen LogP contribution in [-0.4, -0.2) is 19.7 Å². The molecule has 0 aliphatic heterocycles. The van der Waals surface area contributed by atoms with Gasteiger partial charge in [0, 0.05) is 5.02 Å². The molecule has 0 radical (unpaired) electrons. The number of halogens is 2. The van der Waals surface area contributed by atoms with Gasteiger partial charge in [0.1, 0.15) is 5.75 Å². The van der Waals surface area contributed by atoms with Gasteiger partial charge in [0.05, 0.1) is 11.6 Å². The van der Waals surface area contributed by atoms with Crippen molar-refractivity contribution in [2.75, 3.05) is 19.7 Å². The van der Waals surface area contributed by atoms with E-state index in [0.717, 1.165) is 25.9 Å². The molecule has 0 aliphatic rings. The third-order valence-corrected chi connectivity index (χ3v) is 2.61. The van der Waals surface area contributed by atoms with Crippen LogP contribution in [0, 0.1) is 0 Å². The second-order valence-corrected chi connectivity index (χ2v) is 4.37. The molecule has 16 heavy (non-hydrogen) atoms. The van der Waals surface area contributed by atoms with Crippen molar-refractivity contribution in [1.82, 2.24) is 5.32 Å². The average Bonchev–Trinajstić information content (AvgIpc) is 2.26. The van der Waals surface area contributed by atoms with Crippen molar-refractivity contribution >= 4 is 23.2 Å². The van der Waals surface area contributed by atoms with Crippen LogP contribution in [0.3, 0.4) is 0 Å². The number of nitrogens with one attached hydrogen (secondary N) is 1. The Labute approximate surface area is 107 Å². The molecule has 0 aromatic heterocycles. The van der Waals surface area contributed by atoms with Crippen LogP contribution in [0.4, 0.5) is 0 Å². The van der Waals surface area contributed by atoms with Crippen molar-refractivity contribution in [2.24, 2.45) is 0 Å². The van der Waals surface area contributed by atoms with E-state index < -0.39 is 0 Å². The lowest BCUT2D eigenvalue weighted by Crippen LogP contribution is -2.18. The summed E-state index contributed by atoms with van der Waals surface area (Å²) in [4.78, 5) is 0. The molecule has 0 spiro atoms. The molecule has 1 N–H and O–H groups in total. The summed E-state index contributed by atoms with van der Waals surface area (Å²) in [5.74, 6) is 0.696. The highest BCUT2D eigenvalue weighted by molar-refractivity contribution is 6.35. The van der Waals surface area contributed by atoms with Gasteiger partial charge in [-0.3, -0.25) is 0 Å². The second kappa shape index (κ2) is 7.77. The van der Waals surface area contributed by atoms with E-state index in [1.807, 2.05) is 0 Å². The largest absolute Gasteiger partial charge is 0.492 e. The van der Waals surface area contributed by atoms with Crippen LogP contribution >= 0.6 is 23.2 Å². The molecule has 0 unspecified atom stereocenters. The predicted molar refractivity (Wildman–Crippen MR) is 69.7 cm³/mol. The summed E-state index contributed by atoms with van der Waals surface area (Å²) in [5.41, 5.74) is 0. The van der Waals surface area contributed by atoms with Crippen LogP contribution in [0.25, 0.3) is 0 Å². The third kappa shape index (κ3) is 5.06. The summed E-state index contributed by atoms with van der Waals surface area (Å²) >= 11 is 11.8. The zero-order valence-electron chi connectivity index (χ0n) is 9.43. The zero-order chi connectivity index (χ0) is 11.8. The van der Waals surface area contributed by atoms with Gasteiger partial charge in [0.15, 0.2) is 0 Å². The van der Waals surface area contributed by atoms with E-state index in [4.69, 9.17) is 27.9 Å². The molecule has 1 aromatic rings. The van der Waals surface area contributed by atoms with Crippen LogP contribution < -0.4 is 10.1 Å². The molecule has 0 heterocycles. The van der Waals surface area contributed by atoms with E-state index in [-0.39, 0.29) is 0 Å². The van der Waals surface area contributed by atoms with Gasteiger partial charge in [0.25, 0.3) is 0 Å². The molecule has 0 saturated heterocycles. The average molecular weight is 262 g/mol. The smallest absolute Gasteiger partial charge is 0.137 e. The topological polar surface area (TPSA) is 21.3 Å². The molecule has 0 atom stereocenters. The van der Waals surface area contributed by atoms with Gasteiger partial charge in [0.2, 0.25) is 0 Å². The minimum absolute atomic E-state index is 0.564. The predicted octanol–water partition coefficient (Wildman–Crippen LogP) is 3.76. The van der Waals surface area contributed by atoms with Crippen LogP contribution in [-0.2, 0) is 0 Å². The minimum Gasteiger partial charge on any atom is -0.492 e. The summed E-state index contributed by atoms with van der Waals surface area (Å²) in [6.45, 7) is 4.84. The molecule has 0 bridgehead atoms. The maximum atomic E-state index is 5.97. The number of benzene rings is 1. The van der Waals surface area contributed by atoms with Crippen molar-refractivity contribution in [3.63, 3.8) is 0 Å². The zero-order valence-corrected chi connectivity index (χ0v) is 10.9. The minimum atomic E-state index is 0.564. The molecule has 2 nitrogen and oxygen atoms in total. The highest BCUT2D eigenvalue weighted by atomic mass is 35.5. The Kier molecular flexibility index (Phi) is 6.62. The number of ether oxygens (including phenoxy) is 1. The highest BCUT2D eigenvalue weighted by Gasteiger charge is 2.01. The first kappa shape index (κ1) is 13.6. The number of hydrogen-bond acceptors (Lipinski definition) is 2. The molecule has 0 amide bonds. The Morgan fingerprint density at radius 2 is 2.06 bits per heavy atom. The van der Waals surface area contributed by atoms with Gasteiger partial charge in [-0.05, 0) is 44.1 Å². The fourth-order valence-electron chi connectivity index (χ4n) is 1.27. The van der Waals surface area contributed by atoms with E-state index in [9.17, 15) is 0 Å². The Balaban J connectivity index is 2.21. The van der Waals surface area contributed by atoms with E-state index in [1.54, 1.807) is 18.2 Å². The quantitative estimate of drug-likeness (QED) is 0.755. The van der Waals surface area contributed by atoms with E-state index in [0.29, 0.717) is 22.4 Å². The molecule has 1 rings (SSSR count). The van der Waals surface area contributed by atoms with Crippen LogP contribution in [0.1, 0.15) is 19.8 Å². The molecule has 0 aliphatic carbocycles. The van der Waals surface area contributed by atoms with Crippen LogP contribution in [0.2, 0.25) is 10.0 Å². The molecule has 4 heteroatoms. The Hall–Kier alpha value is -0.440. The second-order valence-electron chi connectivity index (χ2n) is 3.53. The van der Waals surface area contributed by atoms with Crippen LogP contribution in [0.15, 0.2) is 18.2 Å². The van der Waals surface area contributed by atoms with Crippen LogP contribution in [0.5, 0.6) is 5.75 Å². The Bertz CT molecular complexity index is 318. The van der Waals surface area contributed by atoms with Gasteiger partial charge < -0.3 is 10.1 Å². The fraction of sp³-hybridized carbons (Fsp3) is 0.500. The molecule has 1 aromatic carbocycles. The lowest BCUT2D eigenvalue weighted by atomic mass is 10.3. The summed E-state index contributed by atoms with van der Waals surface area (Å²) in [6.07, 6.45) is 2.13. The summed E-state index contributed by atoms with van der Waals surface area (Å²) < 4.78 is 5.54. The van der Waals surface area contributed by atoms with Gasteiger partial charge in [-0.15, -0.1) is 0 Å². The Morgan fingerprint density at radius 1 is 1.25 bits per heavy atom. The first-order valence-corrected chi connectivity index (χ1v) is 6.28. The monoisotopic (exact) mass is 261 g/mol. The fourth-order valence-corrected chi connectivity index (χ4v) is 1.74. The molecule has 0 fully saturated rings. The van der Waals surface area contributed by atoms with E-state index >= 15 is 0 Å². The van der Waals surface area contributed by atoms with E-state index in [2.05, 4.69) is 12.2 Å². The first-order chi connectivity index (χ1) is 7.74. The molecule has 0 saturated carbocycles. The first-order valence-electron chi connectivity index (χ1n) is 5.52. The van der Waals surface area contributed by atoms with E-state index in [1.165, 1.54) is 0 Å². The Morgan fingerprint density at radius 3 is 2.75 bits per heavy atom. The maximum absolute atomic E-state index is 5.97. The number of rotatable bonds is 7. The van der Waals surface area contributed by atoms with Crippen molar-refractivity contribution in [3.8, 4) is 5.75 Å². The van der Waals surface area contributed by atoms with Crippen molar-refractivity contribution < 1.29 is 4.74 Å².